The van der Waals surface area contributed by atoms with E-state index in [1.165, 1.54) is 6.92 Å². The van der Waals surface area contributed by atoms with Crippen molar-refractivity contribution >= 4 is 15.9 Å². The van der Waals surface area contributed by atoms with Crippen LogP contribution in [0.15, 0.2) is 47.8 Å². The summed E-state index contributed by atoms with van der Waals surface area (Å²) in [4.78, 5) is 18.6. The van der Waals surface area contributed by atoms with Crippen LogP contribution in [0.3, 0.4) is 0 Å². The molecule has 9 nitrogen and oxygen atoms in total. The number of nitrogens with zero attached hydrogens (tertiary/aromatic N) is 5. The molecule has 3 heterocycles. The van der Waals surface area contributed by atoms with Crippen molar-refractivity contribution in [2.45, 2.75) is 55.4 Å². The summed E-state index contributed by atoms with van der Waals surface area (Å²) in [6.07, 6.45) is -10.3. The van der Waals surface area contributed by atoms with E-state index in [4.69, 9.17) is 0 Å². The van der Waals surface area contributed by atoms with E-state index in [2.05, 4.69) is 20.4 Å². The van der Waals surface area contributed by atoms with E-state index in [1.54, 1.807) is 0 Å². The molecule has 1 N–H and O–H groups in total. The van der Waals surface area contributed by atoms with E-state index >= 15 is 0 Å². The molecular weight excluding hydrogens is 580 g/mol. The molecule has 0 saturated carbocycles. The lowest BCUT2D eigenvalue weighted by molar-refractivity contribution is -0.145. The Hall–Kier alpha value is -3.67. The number of amides is 1. The minimum Gasteiger partial charge on any atom is -0.350 e. The highest BCUT2D eigenvalue weighted by Crippen LogP contribution is 2.34. The van der Waals surface area contributed by atoms with Crippen LogP contribution in [0.4, 0.5) is 35.1 Å². The Kier molecular flexibility index (Phi) is 7.61. The maximum atomic E-state index is 14.6. The summed E-state index contributed by atoms with van der Waals surface area (Å²) in [6.45, 7) is 0.360. The third-order valence-corrected chi connectivity index (χ3v) is 8.05. The highest BCUT2D eigenvalue weighted by Gasteiger charge is 2.49. The quantitative estimate of drug-likeness (QED) is 0.434. The monoisotopic (exact) mass is 598 g/mol. The highest BCUT2D eigenvalue weighted by atomic mass is 32.2. The second-order valence-corrected chi connectivity index (χ2v) is 10.6. The molecule has 1 amide bonds. The zero-order valence-electron chi connectivity index (χ0n) is 20.1. The fourth-order valence-corrected chi connectivity index (χ4v) is 5.90. The van der Waals surface area contributed by atoms with Gasteiger partial charge in [0, 0.05) is 24.7 Å². The zero-order valence-corrected chi connectivity index (χ0v) is 20.9. The van der Waals surface area contributed by atoms with E-state index < -0.39 is 87.3 Å². The van der Waals surface area contributed by atoms with Crippen molar-refractivity contribution in [2.24, 2.45) is 0 Å². The summed E-state index contributed by atoms with van der Waals surface area (Å²) in [5, 5.41) is 5.47. The van der Waals surface area contributed by atoms with Gasteiger partial charge < -0.3 is 5.32 Å². The second kappa shape index (κ2) is 10.4. The first-order chi connectivity index (χ1) is 18.5. The Labute approximate surface area is 220 Å². The summed E-state index contributed by atoms with van der Waals surface area (Å²) in [5.41, 5.74) is -2.47. The largest absolute Gasteiger partial charge is 0.451 e. The first-order valence-corrected chi connectivity index (χ1v) is 12.7. The van der Waals surface area contributed by atoms with Crippen molar-refractivity contribution < 1.29 is 48.3 Å². The van der Waals surface area contributed by atoms with Crippen molar-refractivity contribution in [3.63, 3.8) is 0 Å². The lowest BCUT2D eigenvalue weighted by Crippen LogP contribution is -2.48. The molecule has 18 heteroatoms. The third-order valence-electron chi connectivity index (χ3n) is 6.04. The highest BCUT2D eigenvalue weighted by molar-refractivity contribution is 7.89. The van der Waals surface area contributed by atoms with E-state index in [0.29, 0.717) is 21.4 Å². The van der Waals surface area contributed by atoms with Crippen LogP contribution in [0.5, 0.6) is 0 Å². The summed E-state index contributed by atoms with van der Waals surface area (Å²) in [5.74, 6) is -3.38. The molecule has 1 aliphatic rings. The molecule has 4 rings (SSSR count). The van der Waals surface area contributed by atoms with Crippen LogP contribution in [0.25, 0.3) is 5.69 Å². The van der Waals surface area contributed by atoms with E-state index in [1.807, 2.05) is 0 Å². The summed E-state index contributed by atoms with van der Waals surface area (Å²) in [6, 6.07) is 0.591. The van der Waals surface area contributed by atoms with Crippen LogP contribution in [0.2, 0.25) is 0 Å². The molecule has 0 unspecified atom stereocenters. The van der Waals surface area contributed by atoms with Gasteiger partial charge in [-0.2, -0.15) is 35.7 Å². The third kappa shape index (κ3) is 5.77. The van der Waals surface area contributed by atoms with Gasteiger partial charge in [-0.3, -0.25) is 4.79 Å². The first kappa shape index (κ1) is 29.3. The number of carbonyl (C=O) groups is 1. The number of alkyl halides is 7. The molecule has 1 saturated heterocycles. The van der Waals surface area contributed by atoms with Crippen molar-refractivity contribution in [3.8, 4) is 5.69 Å². The summed E-state index contributed by atoms with van der Waals surface area (Å²) in [7, 11) is -4.52. The Morgan fingerprint density at radius 3 is 2.20 bits per heavy atom. The minimum absolute atomic E-state index is 0.350. The predicted octanol–water partition coefficient (Wildman–Crippen LogP) is 3.65. The smallest absolute Gasteiger partial charge is 0.350 e. The minimum atomic E-state index is -5.05. The summed E-state index contributed by atoms with van der Waals surface area (Å²) < 4.78 is 134. The van der Waals surface area contributed by atoms with E-state index in [-0.39, 0.29) is 5.69 Å². The van der Waals surface area contributed by atoms with Gasteiger partial charge in [0.05, 0.1) is 23.3 Å². The molecule has 0 spiro atoms. The van der Waals surface area contributed by atoms with Crippen LogP contribution in [-0.2, 0) is 33.7 Å². The van der Waals surface area contributed by atoms with Gasteiger partial charge >= 0.3 is 12.4 Å². The molecular formula is C22H18F8N6O3S. The molecule has 1 aliphatic heterocycles. The Bertz CT molecular complexity index is 1490. The number of sulfonamides is 1. The molecule has 0 bridgehead atoms. The molecule has 3 atom stereocenters. The number of rotatable bonds is 6. The van der Waals surface area contributed by atoms with Crippen molar-refractivity contribution in [1.29, 1.82) is 0 Å². The number of aromatic nitrogens is 4. The fourth-order valence-electron chi connectivity index (χ4n) is 4.09. The van der Waals surface area contributed by atoms with Crippen molar-refractivity contribution in [1.82, 2.24) is 29.4 Å². The number of nitrogens with one attached hydrogen (secondary N) is 1. The second-order valence-electron chi connectivity index (χ2n) is 8.72. The number of hydrogen-bond acceptors (Lipinski definition) is 6. The van der Waals surface area contributed by atoms with E-state index in [9.17, 15) is 48.3 Å². The number of carbonyl (C=O) groups excluding carboxylic acids is 1. The molecule has 40 heavy (non-hydrogen) atoms. The van der Waals surface area contributed by atoms with Gasteiger partial charge in [-0.15, -0.1) is 0 Å². The molecule has 1 fully saturated rings. The maximum Gasteiger partial charge on any atom is 0.451 e. The standard InChI is InChI=1S/C22H18F8N6O3S/c1-11-16(24)6-17(36(11)40(38,39)15-4-2-13(23)3-5-15)19(37)31-7-12-10-35(34-18(12)21(25,26)27)14-8-32-20(33-9-14)22(28,29)30/h2-5,8-11,16-17H,6-7H2,1H3,(H,31,37)/t11-,16+,17-/m0/s1. The van der Waals surface area contributed by atoms with Gasteiger partial charge in [0.1, 0.15) is 23.7 Å². The lowest BCUT2D eigenvalue weighted by Gasteiger charge is -2.26. The number of benzene rings is 1. The molecule has 216 valence electrons. The lowest BCUT2D eigenvalue weighted by atomic mass is 10.1. The zero-order chi connectivity index (χ0) is 29.6. The normalized spacial score (nSPS) is 20.6. The van der Waals surface area contributed by atoms with Gasteiger partial charge in [-0.05, 0) is 31.2 Å². The topological polar surface area (TPSA) is 110 Å². The Morgan fingerprint density at radius 1 is 1.05 bits per heavy atom. The van der Waals surface area contributed by atoms with Crippen LogP contribution in [-0.4, -0.2) is 56.6 Å². The Balaban J connectivity index is 1.58. The number of hydrogen-bond donors (Lipinski definition) is 1. The average molecular weight is 598 g/mol. The van der Waals surface area contributed by atoms with E-state index in [0.717, 1.165) is 30.5 Å². The predicted molar refractivity (Wildman–Crippen MR) is 119 cm³/mol. The van der Waals surface area contributed by atoms with Crippen LogP contribution < -0.4 is 5.32 Å². The van der Waals surface area contributed by atoms with Crippen LogP contribution in [0.1, 0.15) is 30.4 Å². The van der Waals surface area contributed by atoms with Gasteiger partial charge in [-0.1, -0.05) is 0 Å². The van der Waals surface area contributed by atoms with Gasteiger partial charge in [0.25, 0.3) is 0 Å². The van der Waals surface area contributed by atoms with Gasteiger partial charge in [0.15, 0.2) is 5.69 Å². The molecule has 3 aromatic rings. The van der Waals surface area contributed by atoms with Crippen LogP contribution in [0, 0.1) is 5.82 Å². The van der Waals surface area contributed by atoms with Gasteiger partial charge in [-0.25, -0.2) is 31.8 Å². The van der Waals surface area contributed by atoms with Crippen molar-refractivity contribution in [3.05, 3.63) is 65.8 Å². The maximum absolute atomic E-state index is 14.6. The average Bonchev–Trinajstić information content (AvgIpc) is 3.44. The molecule has 0 radical (unpaired) electrons. The van der Waals surface area contributed by atoms with Crippen LogP contribution >= 0.6 is 0 Å². The van der Waals surface area contributed by atoms with Gasteiger partial charge in [0.2, 0.25) is 21.8 Å². The fraction of sp³-hybridized carbons (Fsp3) is 0.364. The number of halogens is 8. The Morgan fingerprint density at radius 2 is 1.65 bits per heavy atom. The summed E-state index contributed by atoms with van der Waals surface area (Å²) >= 11 is 0. The van der Waals surface area contributed by atoms with Crippen molar-refractivity contribution in [2.75, 3.05) is 0 Å². The molecule has 0 aliphatic carbocycles. The molecule has 1 aromatic carbocycles. The molecule has 2 aromatic heterocycles. The SMILES string of the molecule is C[C@H]1[C@H](F)C[C@@H](C(=O)NCc2cn(-c3cnc(C(F)(F)F)nc3)nc2C(F)(F)F)N1S(=O)(=O)c1ccc(F)cc1. The first-order valence-electron chi connectivity index (χ1n) is 11.3.